The predicted molar refractivity (Wildman–Crippen MR) is 117 cm³/mol. The van der Waals surface area contributed by atoms with E-state index in [2.05, 4.69) is 15.5 Å². The van der Waals surface area contributed by atoms with Gasteiger partial charge >= 0.3 is 0 Å². The van der Waals surface area contributed by atoms with Crippen molar-refractivity contribution in [3.05, 3.63) is 82.3 Å². The van der Waals surface area contributed by atoms with Gasteiger partial charge in [0, 0.05) is 6.20 Å². The predicted octanol–water partition coefficient (Wildman–Crippen LogP) is 5.56. The fraction of sp³-hybridized carbons (Fsp3) is 0.227. The molecule has 0 unspecified atom stereocenters. The van der Waals surface area contributed by atoms with Gasteiger partial charge in [0.05, 0.1) is 37.1 Å². The molecule has 0 aliphatic rings. The summed E-state index contributed by atoms with van der Waals surface area (Å²) in [6.45, 7) is 0.0232. The van der Waals surface area contributed by atoms with Crippen molar-refractivity contribution in [2.24, 2.45) is 0 Å². The molecule has 0 saturated heterocycles. The number of benzene rings is 1. The summed E-state index contributed by atoms with van der Waals surface area (Å²) in [7, 11) is 1.57. The first-order valence-corrected chi connectivity index (χ1v) is 10.5. The van der Waals surface area contributed by atoms with Crippen LogP contribution in [0.5, 0.6) is 5.75 Å². The van der Waals surface area contributed by atoms with E-state index in [1.807, 2.05) is 24.3 Å². The Morgan fingerprint density at radius 3 is 2.69 bits per heavy atom. The van der Waals surface area contributed by atoms with Crippen molar-refractivity contribution < 1.29 is 31.5 Å². The Labute approximate surface area is 201 Å². The number of rotatable bonds is 9. The van der Waals surface area contributed by atoms with Crippen LogP contribution in [0.15, 0.2) is 53.2 Å². The van der Waals surface area contributed by atoms with E-state index >= 15 is 0 Å². The maximum atomic E-state index is 13.3. The van der Waals surface area contributed by atoms with Crippen molar-refractivity contribution in [3.63, 3.8) is 0 Å². The molecular formula is C22H18ClF4N5O3. The van der Waals surface area contributed by atoms with E-state index in [9.17, 15) is 22.4 Å². The third kappa shape index (κ3) is 5.48. The summed E-state index contributed by atoms with van der Waals surface area (Å²) in [6, 6.07) is 10.1. The van der Waals surface area contributed by atoms with Crippen molar-refractivity contribution in [3.8, 4) is 5.75 Å². The molecule has 1 N–H and O–H groups in total. The van der Waals surface area contributed by atoms with Gasteiger partial charge in [-0.1, -0.05) is 23.7 Å². The van der Waals surface area contributed by atoms with E-state index in [0.717, 1.165) is 5.56 Å². The molecule has 3 aromatic heterocycles. The molecule has 8 nitrogen and oxygen atoms in total. The summed E-state index contributed by atoms with van der Waals surface area (Å²) < 4.78 is 65.5. The molecule has 4 rings (SSSR count). The Morgan fingerprint density at radius 1 is 1.17 bits per heavy atom. The zero-order chi connectivity index (χ0) is 25.1. The van der Waals surface area contributed by atoms with Crippen LogP contribution in [-0.4, -0.2) is 32.6 Å². The van der Waals surface area contributed by atoms with Crippen molar-refractivity contribution in [2.75, 3.05) is 12.4 Å². The highest BCUT2D eigenvalue weighted by atomic mass is 35.5. The van der Waals surface area contributed by atoms with Crippen molar-refractivity contribution in [2.45, 2.75) is 25.9 Å². The topological polar surface area (TPSA) is 87.1 Å². The highest BCUT2D eigenvalue weighted by molar-refractivity contribution is 6.32. The minimum atomic E-state index is -3.13. The number of methoxy groups -OCH3 is 1. The molecule has 0 atom stereocenters. The SMILES string of the molecule is COc1cccc(Cn2cc(NC(=O)c3ccc(Cn4nc(C(F)F)c(Cl)c4C(F)F)o3)cn2)c1. The average molecular weight is 512 g/mol. The van der Waals surface area contributed by atoms with Crippen LogP contribution in [0.25, 0.3) is 0 Å². The lowest BCUT2D eigenvalue weighted by Gasteiger charge is -2.05. The van der Waals surface area contributed by atoms with Gasteiger partial charge in [0.15, 0.2) is 5.76 Å². The number of aromatic nitrogens is 4. The van der Waals surface area contributed by atoms with Crippen LogP contribution in [0.2, 0.25) is 5.02 Å². The van der Waals surface area contributed by atoms with E-state index in [-0.39, 0.29) is 11.5 Å². The molecule has 4 aromatic rings. The van der Waals surface area contributed by atoms with Crippen molar-refractivity contribution in [1.82, 2.24) is 19.6 Å². The Balaban J connectivity index is 1.43. The highest BCUT2D eigenvalue weighted by Crippen LogP contribution is 2.35. The number of carbonyl (C=O) groups excluding carboxylic acids is 1. The molecule has 184 valence electrons. The lowest BCUT2D eigenvalue weighted by Crippen LogP contribution is -2.10. The van der Waals surface area contributed by atoms with Crippen LogP contribution >= 0.6 is 11.6 Å². The maximum Gasteiger partial charge on any atom is 0.291 e. The Hall–Kier alpha value is -3.80. The number of carbonyl (C=O) groups is 1. The second-order valence-corrected chi connectivity index (χ2v) is 7.72. The van der Waals surface area contributed by atoms with Crippen LogP contribution in [0, 0.1) is 0 Å². The fourth-order valence-corrected chi connectivity index (χ4v) is 3.64. The molecule has 0 aliphatic heterocycles. The molecule has 13 heteroatoms. The molecule has 0 bridgehead atoms. The molecule has 35 heavy (non-hydrogen) atoms. The molecule has 0 saturated carbocycles. The van der Waals surface area contributed by atoms with Gasteiger partial charge in [-0.3, -0.25) is 14.2 Å². The number of anilines is 1. The molecule has 0 spiro atoms. The van der Waals surface area contributed by atoms with Gasteiger partial charge < -0.3 is 14.5 Å². The van der Waals surface area contributed by atoms with Crippen LogP contribution in [0.1, 0.15) is 46.1 Å². The molecule has 1 aromatic carbocycles. The number of furan rings is 1. The minimum Gasteiger partial charge on any atom is -0.497 e. The Bertz CT molecular complexity index is 1330. The third-order valence-corrected chi connectivity index (χ3v) is 5.32. The number of alkyl halides is 4. The molecule has 3 heterocycles. The first-order chi connectivity index (χ1) is 16.7. The van der Waals surface area contributed by atoms with Gasteiger partial charge in [0.1, 0.15) is 22.9 Å². The largest absolute Gasteiger partial charge is 0.497 e. The highest BCUT2D eigenvalue weighted by Gasteiger charge is 2.28. The number of hydrogen-bond acceptors (Lipinski definition) is 5. The quantitative estimate of drug-likeness (QED) is 0.297. The van der Waals surface area contributed by atoms with E-state index in [1.165, 1.54) is 18.3 Å². The number of hydrogen-bond donors (Lipinski definition) is 1. The lowest BCUT2D eigenvalue weighted by atomic mass is 10.2. The zero-order valence-electron chi connectivity index (χ0n) is 18.1. The Kier molecular flexibility index (Phi) is 7.10. The minimum absolute atomic E-state index is 0.0470. The molecule has 1 amide bonds. The number of amides is 1. The summed E-state index contributed by atoms with van der Waals surface area (Å²) >= 11 is 5.65. The zero-order valence-corrected chi connectivity index (χ0v) is 18.8. The van der Waals surface area contributed by atoms with Crippen LogP contribution in [0.4, 0.5) is 23.2 Å². The van der Waals surface area contributed by atoms with Gasteiger partial charge in [-0.15, -0.1) is 0 Å². The molecule has 0 aliphatic carbocycles. The monoisotopic (exact) mass is 511 g/mol. The maximum absolute atomic E-state index is 13.3. The first kappa shape index (κ1) is 24.3. The van der Waals surface area contributed by atoms with Crippen LogP contribution in [-0.2, 0) is 13.1 Å². The molecule has 0 fully saturated rings. The summed E-state index contributed by atoms with van der Waals surface area (Å²) in [4.78, 5) is 12.5. The first-order valence-electron chi connectivity index (χ1n) is 10.1. The van der Waals surface area contributed by atoms with Crippen molar-refractivity contribution in [1.29, 1.82) is 0 Å². The lowest BCUT2D eigenvalue weighted by molar-refractivity contribution is 0.0994. The average Bonchev–Trinajstić information content (AvgIpc) is 3.53. The fourth-order valence-electron chi connectivity index (χ4n) is 3.34. The summed E-state index contributed by atoms with van der Waals surface area (Å²) in [5.41, 5.74) is -0.459. The van der Waals surface area contributed by atoms with Crippen LogP contribution < -0.4 is 10.1 Å². The third-order valence-electron chi connectivity index (χ3n) is 4.93. The second kappa shape index (κ2) is 10.2. The van der Waals surface area contributed by atoms with E-state index < -0.39 is 41.7 Å². The van der Waals surface area contributed by atoms with Gasteiger partial charge in [-0.25, -0.2) is 17.6 Å². The number of nitrogens with one attached hydrogen (secondary N) is 1. The molecule has 0 radical (unpaired) electrons. The standard InChI is InChI=1S/C22H18ClF4N5O3/c1-34-14-4-2-3-12(7-14)9-31-10-13(8-28-31)29-22(33)16-6-5-15(35-16)11-32-19(21(26)27)17(23)18(30-32)20(24)25/h2-8,10,20-21H,9,11H2,1H3,(H,29,33). The second-order valence-electron chi connectivity index (χ2n) is 7.34. The van der Waals surface area contributed by atoms with E-state index in [4.69, 9.17) is 20.8 Å². The van der Waals surface area contributed by atoms with Gasteiger partial charge in [0.2, 0.25) is 0 Å². The smallest absolute Gasteiger partial charge is 0.291 e. The van der Waals surface area contributed by atoms with Gasteiger partial charge in [0.25, 0.3) is 18.8 Å². The van der Waals surface area contributed by atoms with Crippen LogP contribution in [0.3, 0.4) is 0 Å². The molecular weight excluding hydrogens is 494 g/mol. The summed E-state index contributed by atoms with van der Waals surface area (Å²) in [5, 5.41) is 9.49. The number of halogens is 5. The number of ether oxygens (including phenoxy) is 1. The summed E-state index contributed by atoms with van der Waals surface area (Å²) in [5.74, 6) is 0.0237. The van der Waals surface area contributed by atoms with Gasteiger partial charge in [-0.2, -0.15) is 10.2 Å². The van der Waals surface area contributed by atoms with Crippen molar-refractivity contribution >= 4 is 23.2 Å². The normalized spacial score (nSPS) is 11.4. The number of nitrogens with zero attached hydrogens (tertiary/aromatic N) is 4. The Morgan fingerprint density at radius 2 is 1.97 bits per heavy atom. The summed E-state index contributed by atoms with van der Waals surface area (Å²) in [6.07, 6.45) is -3.18. The van der Waals surface area contributed by atoms with E-state index in [1.54, 1.807) is 18.0 Å². The van der Waals surface area contributed by atoms with Gasteiger partial charge in [-0.05, 0) is 29.8 Å². The van der Waals surface area contributed by atoms with E-state index in [0.29, 0.717) is 22.7 Å².